The van der Waals surface area contributed by atoms with E-state index < -0.39 is 0 Å². The van der Waals surface area contributed by atoms with Gasteiger partial charge in [-0.2, -0.15) is 0 Å². The molecular formula is C22H26N2O2. The van der Waals surface area contributed by atoms with Gasteiger partial charge in [0, 0.05) is 25.8 Å². The number of benzene rings is 2. The molecule has 4 rings (SSSR count). The van der Waals surface area contributed by atoms with Crippen LogP contribution in [0.2, 0.25) is 0 Å². The lowest BCUT2D eigenvalue weighted by atomic mass is 9.87. The molecule has 0 aliphatic carbocycles. The molecule has 1 fully saturated rings. The molecule has 2 aromatic rings. The van der Waals surface area contributed by atoms with Gasteiger partial charge in [-0.05, 0) is 42.9 Å². The van der Waals surface area contributed by atoms with E-state index >= 15 is 0 Å². The van der Waals surface area contributed by atoms with Gasteiger partial charge in [-0.25, -0.2) is 4.79 Å². The summed E-state index contributed by atoms with van der Waals surface area (Å²) >= 11 is 0. The molecule has 0 aromatic heterocycles. The van der Waals surface area contributed by atoms with Gasteiger partial charge in [-0.3, -0.25) is 0 Å². The summed E-state index contributed by atoms with van der Waals surface area (Å²) < 4.78 is 5.41. The van der Waals surface area contributed by atoms with Crippen LogP contribution in [0.3, 0.4) is 0 Å². The van der Waals surface area contributed by atoms with Crippen molar-refractivity contribution >= 4 is 6.03 Å². The van der Waals surface area contributed by atoms with Crippen molar-refractivity contribution in [3.05, 3.63) is 70.8 Å². The van der Waals surface area contributed by atoms with E-state index in [1.54, 1.807) is 0 Å². The Kier molecular flexibility index (Phi) is 4.93. The highest BCUT2D eigenvalue weighted by Gasteiger charge is 2.33. The number of nitrogens with one attached hydrogen (secondary N) is 1. The smallest absolute Gasteiger partial charge is 0.318 e. The molecule has 0 spiro atoms. The molecule has 4 heteroatoms. The van der Waals surface area contributed by atoms with Crippen molar-refractivity contribution in [2.24, 2.45) is 0 Å². The molecule has 136 valence electrons. The van der Waals surface area contributed by atoms with Crippen LogP contribution in [0.1, 0.15) is 41.1 Å². The normalized spacial score (nSPS) is 20.5. The van der Waals surface area contributed by atoms with Crippen LogP contribution < -0.4 is 5.32 Å². The van der Waals surface area contributed by atoms with Crippen molar-refractivity contribution in [3.63, 3.8) is 0 Å². The molecule has 2 heterocycles. The van der Waals surface area contributed by atoms with Crippen molar-refractivity contribution in [3.8, 4) is 0 Å². The fraction of sp³-hybridized carbons (Fsp3) is 0.409. The SMILES string of the molecule is Cc1ccc2c(c1)CCN(C(=O)NC1CCOCC1)C2c1ccccc1. The first-order chi connectivity index (χ1) is 12.7. The molecule has 0 radical (unpaired) electrons. The maximum absolute atomic E-state index is 13.1. The second kappa shape index (κ2) is 7.50. The van der Waals surface area contributed by atoms with E-state index in [1.165, 1.54) is 22.3 Å². The highest BCUT2D eigenvalue weighted by atomic mass is 16.5. The minimum Gasteiger partial charge on any atom is -0.381 e. The Hall–Kier alpha value is -2.33. The van der Waals surface area contributed by atoms with Gasteiger partial charge in [0.2, 0.25) is 0 Å². The van der Waals surface area contributed by atoms with Crippen molar-refractivity contribution in [1.29, 1.82) is 0 Å². The van der Waals surface area contributed by atoms with Gasteiger partial charge in [0.05, 0.1) is 6.04 Å². The van der Waals surface area contributed by atoms with Crippen molar-refractivity contribution < 1.29 is 9.53 Å². The second-order valence-electron chi connectivity index (χ2n) is 7.30. The molecule has 2 aromatic carbocycles. The zero-order valence-electron chi connectivity index (χ0n) is 15.3. The summed E-state index contributed by atoms with van der Waals surface area (Å²) in [5.74, 6) is 0. The number of aryl methyl sites for hydroxylation is 1. The first-order valence-electron chi connectivity index (χ1n) is 9.51. The average molecular weight is 350 g/mol. The second-order valence-corrected chi connectivity index (χ2v) is 7.30. The van der Waals surface area contributed by atoms with Crippen LogP contribution >= 0.6 is 0 Å². The molecule has 0 bridgehead atoms. The lowest BCUT2D eigenvalue weighted by Gasteiger charge is -2.39. The van der Waals surface area contributed by atoms with Gasteiger partial charge >= 0.3 is 6.03 Å². The number of hydrogen-bond acceptors (Lipinski definition) is 2. The molecule has 1 unspecified atom stereocenters. The number of nitrogens with zero attached hydrogens (tertiary/aromatic N) is 1. The minimum atomic E-state index is -0.0274. The van der Waals surface area contributed by atoms with Gasteiger partial charge in [-0.1, -0.05) is 54.1 Å². The number of carbonyl (C=O) groups is 1. The van der Waals surface area contributed by atoms with Gasteiger partial charge in [0.25, 0.3) is 0 Å². The van der Waals surface area contributed by atoms with E-state index in [2.05, 4.69) is 42.6 Å². The number of hydrogen-bond donors (Lipinski definition) is 1. The molecule has 2 aliphatic heterocycles. The summed E-state index contributed by atoms with van der Waals surface area (Å²) in [6.45, 7) is 4.33. The highest BCUT2D eigenvalue weighted by Crippen LogP contribution is 2.35. The molecule has 2 amide bonds. The Balaban J connectivity index is 1.64. The predicted octanol–water partition coefficient (Wildman–Crippen LogP) is 3.83. The lowest BCUT2D eigenvalue weighted by molar-refractivity contribution is 0.0772. The number of rotatable bonds is 2. The summed E-state index contributed by atoms with van der Waals surface area (Å²) in [5.41, 5.74) is 5.04. The number of fused-ring (bicyclic) bond motifs is 1. The van der Waals surface area contributed by atoms with Crippen LogP contribution in [-0.2, 0) is 11.2 Å². The lowest BCUT2D eigenvalue weighted by Crippen LogP contribution is -2.50. The highest BCUT2D eigenvalue weighted by molar-refractivity contribution is 5.76. The molecule has 1 atom stereocenters. The van der Waals surface area contributed by atoms with Gasteiger partial charge in [0.1, 0.15) is 0 Å². The Bertz CT molecular complexity index is 769. The first-order valence-corrected chi connectivity index (χ1v) is 9.51. The Morgan fingerprint density at radius 2 is 1.88 bits per heavy atom. The molecular weight excluding hydrogens is 324 g/mol. The van der Waals surface area contributed by atoms with Crippen LogP contribution in [0.5, 0.6) is 0 Å². The Morgan fingerprint density at radius 1 is 1.12 bits per heavy atom. The maximum Gasteiger partial charge on any atom is 0.318 e. The zero-order chi connectivity index (χ0) is 17.9. The van der Waals surface area contributed by atoms with E-state index in [4.69, 9.17) is 4.74 Å². The quantitative estimate of drug-likeness (QED) is 0.894. The monoisotopic (exact) mass is 350 g/mol. The first kappa shape index (κ1) is 17.1. The topological polar surface area (TPSA) is 41.6 Å². The number of urea groups is 1. The summed E-state index contributed by atoms with van der Waals surface area (Å²) in [5, 5.41) is 3.24. The maximum atomic E-state index is 13.1. The predicted molar refractivity (Wildman–Crippen MR) is 102 cm³/mol. The van der Waals surface area contributed by atoms with Gasteiger partial charge in [-0.15, -0.1) is 0 Å². The third-order valence-corrected chi connectivity index (χ3v) is 5.45. The molecule has 1 N–H and O–H groups in total. The van der Waals surface area contributed by atoms with Crippen LogP contribution in [-0.4, -0.2) is 36.7 Å². The summed E-state index contributed by atoms with van der Waals surface area (Å²) in [4.78, 5) is 15.1. The van der Waals surface area contributed by atoms with Crippen LogP contribution in [0.25, 0.3) is 0 Å². The van der Waals surface area contributed by atoms with Gasteiger partial charge < -0.3 is 15.0 Å². The molecule has 1 saturated heterocycles. The van der Waals surface area contributed by atoms with Crippen molar-refractivity contribution in [2.45, 2.75) is 38.3 Å². The molecule has 26 heavy (non-hydrogen) atoms. The van der Waals surface area contributed by atoms with Crippen LogP contribution in [0.4, 0.5) is 4.79 Å². The van der Waals surface area contributed by atoms with E-state index in [0.29, 0.717) is 0 Å². The van der Waals surface area contributed by atoms with Crippen LogP contribution in [0.15, 0.2) is 48.5 Å². The molecule has 4 nitrogen and oxygen atoms in total. The van der Waals surface area contributed by atoms with E-state index in [-0.39, 0.29) is 18.1 Å². The van der Waals surface area contributed by atoms with E-state index in [0.717, 1.165) is 39.0 Å². The van der Waals surface area contributed by atoms with Gasteiger partial charge in [0.15, 0.2) is 0 Å². The number of carbonyl (C=O) groups excluding carboxylic acids is 1. The third kappa shape index (κ3) is 3.47. The van der Waals surface area contributed by atoms with E-state index in [1.807, 2.05) is 23.1 Å². The fourth-order valence-corrected chi connectivity index (χ4v) is 4.07. The summed E-state index contributed by atoms with van der Waals surface area (Å²) in [7, 11) is 0. The standard InChI is InChI=1S/C22H26N2O2/c1-16-7-8-20-18(15-16)9-12-24(21(20)17-5-3-2-4-6-17)22(25)23-19-10-13-26-14-11-19/h2-8,15,19,21H,9-14H2,1H3,(H,23,25). The summed E-state index contributed by atoms with van der Waals surface area (Å²) in [6.07, 6.45) is 2.69. The Labute approximate surface area is 155 Å². The Morgan fingerprint density at radius 3 is 2.65 bits per heavy atom. The minimum absolute atomic E-state index is 0.0274. The fourth-order valence-electron chi connectivity index (χ4n) is 4.07. The number of ether oxygens (including phenoxy) is 1. The third-order valence-electron chi connectivity index (χ3n) is 5.45. The van der Waals surface area contributed by atoms with Crippen molar-refractivity contribution in [2.75, 3.05) is 19.8 Å². The number of amides is 2. The zero-order valence-corrected chi connectivity index (χ0v) is 15.3. The van der Waals surface area contributed by atoms with E-state index in [9.17, 15) is 4.79 Å². The molecule has 0 saturated carbocycles. The van der Waals surface area contributed by atoms with Crippen LogP contribution in [0, 0.1) is 6.92 Å². The average Bonchev–Trinajstić information content (AvgIpc) is 2.68. The largest absolute Gasteiger partial charge is 0.381 e. The summed E-state index contributed by atoms with van der Waals surface area (Å²) in [6, 6.07) is 17.2. The molecule has 2 aliphatic rings. The van der Waals surface area contributed by atoms with Crippen molar-refractivity contribution in [1.82, 2.24) is 10.2 Å².